The Balaban J connectivity index is 1.78. The van der Waals surface area contributed by atoms with Crippen LogP contribution in [0.2, 0.25) is 0 Å². The van der Waals surface area contributed by atoms with Gasteiger partial charge in [-0.05, 0) is 61.7 Å². The first-order chi connectivity index (χ1) is 14.8. The third-order valence-corrected chi connectivity index (χ3v) is 7.26. The SMILES string of the molecule is Cc1cccc(CN2c3ccccc3C(=O)/C(=C\Nc3ccc(C)c(C)c3)S2(=O)=O)c1. The number of aryl methyl sites for hydroxylation is 3. The first kappa shape index (κ1) is 20.9. The van der Waals surface area contributed by atoms with Crippen molar-refractivity contribution in [2.45, 2.75) is 27.3 Å². The molecule has 1 aliphatic rings. The van der Waals surface area contributed by atoms with E-state index in [-0.39, 0.29) is 11.4 Å². The molecule has 0 fully saturated rings. The number of hydrogen-bond donors (Lipinski definition) is 1. The highest BCUT2D eigenvalue weighted by Crippen LogP contribution is 2.36. The van der Waals surface area contributed by atoms with E-state index in [2.05, 4.69) is 5.32 Å². The highest BCUT2D eigenvalue weighted by Gasteiger charge is 2.40. The number of carbonyl (C=O) groups excluding carboxylic acids is 1. The van der Waals surface area contributed by atoms with Gasteiger partial charge in [-0.3, -0.25) is 9.10 Å². The number of para-hydroxylation sites is 1. The Morgan fingerprint density at radius 1 is 0.903 bits per heavy atom. The summed E-state index contributed by atoms with van der Waals surface area (Å²) >= 11 is 0. The van der Waals surface area contributed by atoms with Crippen molar-refractivity contribution < 1.29 is 13.2 Å². The molecule has 3 aromatic rings. The largest absolute Gasteiger partial charge is 0.360 e. The average Bonchev–Trinajstić information content (AvgIpc) is 2.73. The fraction of sp³-hybridized carbons (Fsp3) is 0.160. The molecule has 0 spiro atoms. The number of sulfonamides is 1. The first-order valence-electron chi connectivity index (χ1n) is 10.0. The third-order valence-electron chi connectivity index (χ3n) is 5.49. The summed E-state index contributed by atoms with van der Waals surface area (Å²) < 4.78 is 28.3. The van der Waals surface area contributed by atoms with Gasteiger partial charge in [-0.1, -0.05) is 48.0 Å². The van der Waals surface area contributed by atoms with Crippen molar-refractivity contribution in [3.8, 4) is 0 Å². The Labute approximate surface area is 183 Å². The lowest BCUT2D eigenvalue weighted by Crippen LogP contribution is -2.39. The summed E-state index contributed by atoms with van der Waals surface area (Å²) in [5.74, 6) is -0.507. The molecular weight excluding hydrogens is 408 g/mol. The molecular formula is C25H24N2O3S. The molecule has 0 unspecified atom stereocenters. The lowest BCUT2D eigenvalue weighted by molar-refractivity contribution is 0.104. The monoisotopic (exact) mass is 432 g/mol. The summed E-state index contributed by atoms with van der Waals surface area (Å²) in [4.78, 5) is 12.8. The van der Waals surface area contributed by atoms with Crippen molar-refractivity contribution in [3.05, 3.63) is 106 Å². The number of hydrogen-bond acceptors (Lipinski definition) is 4. The summed E-state index contributed by atoms with van der Waals surface area (Å²) in [6.45, 7) is 6.10. The van der Waals surface area contributed by atoms with Crippen molar-refractivity contribution in [1.29, 1.82) is 0 Å². The number of benzene rings is 3. The van der Waals surface area contributed by atoms with Crippen LogP contribution in [-0.2, 0) is 16.6 Å². The molecule has 0 saturated heterocycles. The molecule has 31 heavy (non-hydrogen) atoms. The maximum atomic E-state index is 13.5. The van der Waals surface area contributed by atoms with E-state index >= 15 is 0 Å². The lowest BCUT2D eigenvalue weighted by atomic mass is 10.1. The first-order valence-corrected chi connectivity index (χ1v) is 11.5. The van der Waals surface area contributed by atoms with Gasteiger partial charge in [0.1, 0.15) is 0 Å². The van der Waals surface area contributed by atoms with Gasteiger partial charge >= 0.3 is 0 Å². The zero-order valence-corrected chi connectivity index (χ0v) is 18.5. The fourth-order valence-corrected chi connectivity index (χ4v) is 5.17. The average molecular weight is 433 g/mol. The topological polar surface area (TPSA) is 66.5 Å². The van der Waals surface area contributed by atoms with Crippen LogP contribution in [-0.4, -0.2) is 14.2 Å². The molecule has 0 atom stereocenters. The predicted molar refractivity (Wildman–Crippen MR) is 125 cm³/mol. The van der Waals surface area contributed by atoms with Gasteiger partial charge in [-0.15, -0.1) is 0 Å². The van der Waals surface area contributed by atoms with Gasteiger partial charge in [0.25, 0.3) is 10.0 Å². The quantitative estimate of drug-likeness (QED) is 0.583. The van der Waals surface area contributed by atoms with E-state index in [1.807, 2.05) is 63.2 Å². The van der Waals surface area contributed by atoms with E-state index < -0.39 is 15.8 Å². The molecule has 0 aromatic heterocycles. The second kappa shape index (κ2) is 8.04. The molecule has 1 N–H and O–H groups in total. The smallest absolute Gasteiger partial charge is 0.270 e. The number of allylic oxidation sites excluding steroid dienone is 1. The fourth-order valence-electron chi connectivity index (χ4n) is 3.65. The van der Waals surface area contributed by atoms with E-state index in [4.69, 9.17) is 0 Å². The van der Waals surface area contributed by atoms with Crippen LogP contribution in [0.25, 0.3) is 0 Å². The van der Waals surface area contributed by atoms with E-state index in [0.717, 1.165) is 27.9 Å². The highest BCUT2D eigenvalue weighted by atomic mass is 32.2. The van der Waals surface area contributed by atoms with Crippen LogP contribution in [0.5, 0.6) is 0 Å². The van der Waals surface area contributed by atoms with Gasteiger partial charge in [-0.25, -0.2) is 8.42 Å². The molecule has 1 aliphatic heterocycles. The minimum absolute atomic E-state index is 0.148. The van der Waals surface area contributed by atoms with Gasteiger partial charge in [-0.2, -0.15) is 0 Å². The van der Waals surface area contributed by atoms with Crippen LogP contribution in [0.15, 0.2) is 77.8 Å². The summed E-state index contributed by atoms with van der Waals surface area (Å²) in [7, 11) is -4.04. The maximum absolute atomic E-state index is 13.5. The van der Waals surface area contributed by atoms with E-state index in [1.165, 1.54) is 10.5 Å². The van der Waals surface area contributed by atoms with Crippen LogP contribution in [0.4, 0.5) is 11.4 Å². The molecule has 1 heterocycles. The van der Waals surface area contributed by atoms with E-state index in [1.54, 1.807) is 24.3 Å². The van der Waals surface area contributed by atoms with E-state index in [0.29, 0.717) is 11.3 Å². The zero-order valence-electron chi connectivity index (χ0n) is 17.7. The molecule has 158 valence electrons. The molecule has 0 amide bonds. The number of rotatable bonds is 4. The molecule has 0 bridgehead atoms. The molecule has 5 nitrogen and oxygen atoms in total. The second-order valence-electron chi connectivity index (χ2n) is 7.80. The number of carbonyl (C=O) groups is 1. The van der Waals surface area contributed by atoms with Crippen molar-refractivity contribution in [1.82, 2.24) is 0 Å². The van der Waals surface area contributed by atoms with Crippen LogP contribution >= 0.6 is 0 Å². The number of anilines is 2. The Kier molecular flexibility index (Phi) is 5.41. The standard InChI is InChI=1S/C25H24N2O3S/c1-17-7-6-8-20(13-17)16-27-23-10-5-4-9-22(23)25(28)24(31(27,29)30)15-26-21-12-11-18(2)19(3)14-21/h4-15,26H,16H2,1-3H3/b24-15+. The predicted octanol–water partition coefficient (Wildman–Crippen LogP) is 5.10. The minimum Gasteiger partial charge on any atom is -0.360 e. The Morgan fingerprint density at radius 2 is 1.68 bits per heavy atom. The molecule has 4 rings (SSSR count). The number of ketones is 1. The maximum Gasteiger partial charge on any atom is 0.270 e. The molecule has 0 aliphatic carbocycles. The summed E-state index contributed by atoms with van der Waals surface area (Å²) in [6, 6.07) is 20.3. The van der Waals surface area contributed by atoms with Gasteiger partial charge in [0.2, 0.25) is 5.78 Å². The summed E-state index contributed by atoms with van der Waals surface area (Å²) in [5, 5.41) is 3.00. The number of nitrogens with one attached hydrogen (secondary N) is 1. The third kappa shape index (κ3) is 3.99. The van der Waals surface area contributed by atoms with Crippen LogP contribution in [0, 0.1) is 20.8 Å². The Morgan fingerprint density at radius 3 is 2.42 bits per heavy atom. The van der Waals surface area contributed by atoms with Crippen LogP contribution in [0.1, 0.15) is 32.6 Å². The van der Waals surface area contributed by atoms with Gasteiger partial charge in [0, 0.05) is 17.5 Å². The van der Waals surface area contributed by atoms with Crippen molar-refractivity contribution in [2.24, 2.45) is 0 Å². The van der Waals surface area contributed by atoms with Crippen molar-refractivity contribution >= 4 is 27.2 Å². The van der Waals surface area contributed by atoms with E-state index in [9.17, 15) is 13.2 Å². The molecule has 6 heteroatoms. The molecule has 3 aromatic carbocycles. The van der Waals surface area contributed by atoms with Gasteiger partial charge in [0.05, 0.1) is 12.2 Å². The highest BCUT2D eigenvalue weighted by molar-refractivity contribution is 7.97. The van der Waals surface area contributed by atoms with Crippen molar-refractivity contribution in [3.63, 3.8) is 0 Å². The second-order valence-corrected chi connectivity index (χ2v) is 9.63. The normalized spacial score (nSPS) is 16.3. The van der Waals surface area contributed by atoms with Crippen LogP contribution in [0.3, 0.4) is 0 Å². The van der Waals surface area contributed by atoms with Crippen molar-refractivity contribution in [2.75, 3.05) is 9.62 Å². The number of Topliss-reactive ketones (excluding diaryl/α,β-unsaturated/α-hetero) is 1. The molecule has 0 radical (unpaired) electrons. The number of fused-ring (bicyclic) bond motifs is 1. The minimum atomic E-state index is -4.04. The zero-order chi connectivity index (χ0) is 22.2. The lowest BCUT2D eigenvalue weighted by Gasteiger charge is -2.31. The van der Waals surface area contributed by atoms with Gasteiger partial charge < -0.3 is 5.32 Å². The van der Waals surface area contributed by atoms with Gasteiger partial charge in [0.15, 0.2) is 4.91 Å². The van der Waals surface area contributed by atoms with Crippen LogP contribution < -0.4 is 9.62 Å². The molecule has 0 saturated carbocycles. The summed E-state index contributed by atoms with van der Waals surface area (Å²) in [5.41, 5.74) is 5.61. The summed E-state index contributed by atoms with van der Waals surface area (Å²) in [6.07, 6.45) is 1.31. The number of nitrogens with zero attached hydrogens (tertiary/aromatic N) is 1. The Hall–Kier alpha value is -3.38. The Bertz CT molecular complexity index is 1310.